The zero-order chi connectivity index (χ0) is 21.5. The zero-order valence-corrected chi connectivity index (χ0v) is 18.9. The van der Waals surface area contributed by atoms with E-state index in [0.29, 0.717) is 18.0 Å². The van der Waals surface area contributed by atoms with Crippen molar-refractivity contribution < 1.29 is 4.79 Å². The van der Waals surface area contributed by atoms with Gasteiger partial charge in [-0.2, -0.15) is 0 Å². The average Bonchev–Trinajstić information content (AvgIpc) is 2.72. The zero-order valence-electron chi connectivity index (χ0n) is 18.9. The molecule has 160 valence electrons. The minimum Gasteiger partial charge on any atom is -0.356 e. The number of hydrogen-bond donors (Lipinski definition) is 1. The highest BCUT2D eigenvalue weighted by atomic mass is 16.1. The quantitative estimate of drug-likeness (QED) is 0.584. The second kappa shape index (κ2) is 10.4. The van der Waals surface area contributed by atoms with E-state index in [4.69, 9.17) is 4.98 Å². The molecule has 1 saturated heterocycles. The largest absolute Gasteiger partial charge is 0.356 e. The van der Waals surface area contributed by atoms with Crippen LogP contribution in [0.4, 0.5) is 5.82 Å². The molecule has 2 heterocycles. The number of fused-ring (bicyclic) bond motifs is 1. The number of amides is 1. The highest BCUT2D eigenvalue weighted by molar-refractivity contribution is 6.07. The third kappa shape index (κ3) is 5.94. The van der Waals surface area contributed by atoms with E-state index in [1.165, 1.54) is 24.0 Å². The Morgan fingerprint density at radius 3 is 2.80 bits per heavy atom. The first-order valence-electron chi connectivity index (χ1n) is 11.2. The molecule has 0 radical (unpaired) electrons. The number of nitrogens with one attached hydrogen (secondary N) is 1. The van der Waals surface area contributed by atoms with Crippen LogP contribution >= 0.6 is 0 Å². The van der Waals surface area contributed by atoms with Crippen molar-refractivity contribution in [3.05, 3.63) is 59.2 Å². The lowest BCUT2D eigenvalue weighted by Crippen LogP contribution is -2.35. The molecule has 0 unspecified atom stereocenters. The second-order valence-electron chi connectivity index (χ2n) is 8.82. The lowest BCUT2D eigenvalue weighted by molar-refractivity contribution is 0.0959. The van der Waals surface area contributed by atoms with Gasteiger partial charge in [0.2, 0.25) is 0 Å². The highest BCUT2D eigenvalue weighted by Gasteiger charge is 2.20. The van der Waals surface area contributed by atoms with Gasteiger partial charge in [0, 0.05) is 25.0 Å². The van der Waals surface area contributed by atoms with E-state index in [-0.39, 0.29) is 5.91 Å². The van der Waals surface area contributed by atoms with Crippen molar-refractivity contribution in [2.75, 3.05) is 24.5 Å². The Kier molecular flexibility index (Phi) is 7.67. The van der Waals surface area contributed by atoms with Gasteiger partial charge in [0.05, 0.1) is 11.1 Å². The predicted octanol–water partition coefficient (Wildman–Crippen LogP) is 5.89. The third-order valence-electron chi connectivity index (χ3n) is 5.73. The number of hydrogen-bond acceptors (Lipinski definition) is 3. The molecule has 1 fully saturated rings. The van der Waals surface area contributed by atoms with Crippen molar-refractivity contribution in [1.29, 1.82) is 0 Å². The molecule has 1 amide bonds. The van der Waals surface area contributed by atoms with Crippen LogP contribution in [0.1, 0.15) is 63.7 Å². The first-order chi connectivity index (χ1) is 14.4. The first kappa shape index (κ1) is 22.1. The molecule has 0 saturated carbocycles. The fraction of sp³-hybridized carbons (Fsp3) is 0.462. The summed E-state index contributed by atoms with van der Waals surface area (Å²) in [6.07, 6.45) is 8.88. The highest BCUT2D eigenvalue weighted by Crippen LogP contribution is 2.26. The average molecular weight is 406 g/mol. The molecule has 30 heavy (non-hydrogen) atoms. The number of carbonyl (C=O) groups excluding carboxylic acids is 1. The smallest absolute Gasteiger partial charge is 0.252 e. The van der Waals surface area contributed by atoms with Crippen LogP contribution in [0.25, 0.3) is 10.9 Å². The van der Waals surface area contributed by atoms with Gasteiger partial charge in [0.15, 0.2) is 0 Å². The van der Waals surface area contributed by atoms with Crippen LogP contribution in [0.3, 0.4) is 0 Å². The van der Waals surface area contributed by atoms with E-state index < -0.39 is 0 Å². The number of aromatic nitrogens is 1. The maximum Gasteiger partial charge on any atom is 0.252 e. The van der Waals surface area contributed by atoms with Gasteiger partial charge >= 0.3 is 0 Å². The molecule has 1 aliphatic rings. The summed E-state index contributed by atoms with van der Waals surface area (Å²) in [5, 5.41) is 3.99. The van der Waals surface area contributed by atoms with Crippen molar-refractivity contribution in [3.63, 3.8) is 0 Å². The Hall–Kier alpha value is -2.62. The van der Waals surface area contributed by atoms with Gasteiger partial charge in [-0.15, -0.1) is 0 Å². The van der Waals surface area contributed by atoms with E-state index in [2.05, 4.69) is 50.1 Å². The van der Waals surface area contributed by atoms with Crippen molar-refractivity contribution in [2.45, 2.75) is 53.4 Å². The van der Waals surface area contributed by atoms with E-state index in [9.17, 15) is 4.79 Å². The SMILES string of the molecule is CC(C)=CCC/C(C)=C/CNC(=O)c1cc(N2CCC[C@H](C)C2)nc2ccccc12. The van der Waals surface area contributed by atoms with Crippen LogP contribution in [0.5, 0.6) is 0 Å². The van der Waals surface area contributed by atoms with Crippen LogP contribution in [0, 0.1) is 5.92 Å². The number of carbonyl (C=O) groups is 1. The molecule has 4 nitrogen and oxygen atoms in total. The maximum absolute atomic E-state index is 13.0. The van der Waals surface area contributed by atoms with Crippen molar-refractivity contribution in [3.8, 4) is 0 Å². The van der Waals surface area contributed by atoms with Crippen LogP contribution in [0.2, 0.25) is 0 Å². The standard InChI is InChI=1S/C26H35N3O/c1-19(2)9-7-10-20(3)14-15-27-26(30)23-17-25(29-16-8-11-21(4)18-29)28-24-13-6-5-12-22(23)24/h5-6,9,12-14,17,21H,7-8,10-11,15-16,18H2,1-4H3,(H,27,30)/b20-14+/t21-/m0/s1. The van der Waals surface area contributed by atoms with E-state index in [1.807, 2.05) is 30.3 Å². The molecule has 1 aromatic heterocycles. The van der Waals surface area contributed by atoms with Gasteiger partial charge in [-0.1, -0.05) is 48.4 Å². The van der Waals surface area contributed by atoms with Crippen LogP contribution in [-0.4, -0.2) is 30.5 Å². The Balaban J connectivity index is 1.75. The molecule has 0 bridgehead atoms. The second-order valence-corrected chi connectivity index (χ2v) is 8.82. The summed E-state index contributed by atoms with van der Waals surface area (Å²) in [6, 6.07) is 9.91. The summed E-state index contributed by atoms with van der Waals surface area (Å²) < 4.78 is 0. The van der Waals surface area contributed by atoms with Gasteiger partial charge in [0.1, 0.15) is 5.82 Å². The van der Waals surface area contributed by atoms with E-state index in [0.717, 1.165) is 42.7 Å². The number of para-hydroxylation sites is 1. The predicted molar refractivity (Wildman–Crippen MR) is 127 cm³/mol. The van der Waals surface area contributed by atoms with E-state index in [1.54, 1.807) is 0 Å². The maximum atomic E-state index is 13.0. The van der Waals surface area contributed by atoms with Crippen LogP contribution < -0.4 is 10.2 Å². The summed E-state index contributed by atoms with van der Waals surface area (Å²) in [5.41, 5.74) is 4.24. The number of piperidine rings is 1. The molecule has 0 spiro atoms. The van der Waals surface area contributed by atoms with Crippen molar-refractivity contribution in [2.24, 2.45) is 5.92 Å². The molecule has 1 aliphatic heterocycles. The summed E-state index contributed by atoms with van der Waals surface area (Å²) >= 11 is 0. The molecule has 3 rings (SSSR count). The molecule has 1 atom stereocenters. The Bertz CT molecular complexity index is 940. The van der Waals surface area contributed by atoms with Crippen LogP contribution in [0.15, 0.2) is 53.6 Å². The monoisotopic (exact) mass is 405 g/mol. The third-order valence-corrected chi connectivity index (χ3v) is 5.73. The normalized spacial score (nSPS) is 17.1. The molecule has 4 heteroatoms. The Morgan fingerprint density at radius 1 is 1.23 bits per heavy atom. The summed E-state index contributed by atoms with van der Waals surface area (Å²) in [4.78, 5) is 20.2. The first-order valence-corrected chi connectivity index (χ1v) is 11.2. The molecule has 1 N–H and O–H groups in total. The van der Waals surface area contributed by atoms with Gasteiger partial charge in [-0.25, -0.2) is 4.98 Å². The fourth-order valence-electron chi connectivity index (χ4n) is 4.01. The summed E-state index contributed by atoms with van der Waals surface area (Å²) in [6.45, 7) is 11.2. The summed E-state index contributed by atoms with van der Waals surface area (Å²) in [7, 11) is 0. The Morgan fingerprint density at radius 2 is 2.03 bits per heavy atom. The van der Waals surface area contributed by atoms with E-state index >= 15 is 0 Å². The number of anilines is 1. The fourth-order valence-corrected chi connectivity index (χ4v) is 4.01. The Labute approximate surface area is 181 Å². The molecular formula is C26H35N3O. The van der Waals surface area contributed by atoms with Crippen molar-refractivity contribution in [1.82, 2.24) is 10.3 Å². The number of rotatable bonds is 7. The van der Waals surface area contributed by atoms with Crippen molar-refractivity contribution >= 4 is 22.6 Å². The number of pyridine rings is 1. The van der Waals surface area contributed by atoms with Gasteiger partial charge in [-0.05, 0) is 64.5 Å². The molecule has 0 aliphatic carbocycles. The van der Waals surface area contributed by atoms with Gasteiger partial charge < -0.3 is 10.2 Å². The lowest BCUT2D eigenvalue weighted by atomic mass is 10.00. The number of nitrogens with zero attached hydrogens (tertiary/aromatic N) is 2. The molecular weight excluding hydrogens is 370 g/mol. The molecule has 2 aromatic rings. The summed E-state index contributed by atoms with van der Waals surface area (Å²) in [5.74, 6) is 1.54. The minimum atomic E-state index is -0.0340. The topological polar surface area (TPSA) is 45.2 Å². The van der Waals surface area contributed by atoms with Crippen LogP contribution in [-0.2, 0) is 0 Å². The molecule has 1 aromatic carbocycles. The van der Waals surface area contributed by atoms with Gasteiger partial charge in [0.25, 0.3) is 5.91 Å². The number of benzene rings is 1. The van der Waals surface area contributed by atoms with Gasteiger partial charge in [-0.3, -0.25) is 4.79 Å². The number of allylic oxidation sites excluding steroid dienone is 3. The lowest BCUT2D eigenvalue weighted by Gasteiger charge is -2.32. The minimum absolute atomic E-state index is 0.0340.